The topological polar surface area (TPSA) is 0 Å². The molecule has 0 spiro atoms. The van der Waals surface area contributed by atoms with Crippen LogP contribution in [-0.4, -0.2) is 5.31 Å². The second-order valence-corrected chi connectivity index (χ2v) is 50.3. The van der Waals surface area contributed by atoms with Crippen molar-refractivity contribution in [2.45, 2.75) is 0 Å². The van der Waals surface area contributed by atoms with E-state index in [1.165, 1.54) is 0 Å². The van der Waals surface area contributed by atoms with E-state index in [-0.39, 0.29) is 0 Å². The molecule has 0 aromatic heterocycles. The molecule has 0 radical (unpaired) electrons. The molecule has 15 heavy (non-hydrogen) atoms. The average Bonchev–Trinajstić information content (AvgIpc) is 1.41. The Balaban J connectivity index is -0.000000144. The summed E-state index contributed by atoms with van der Waals surface area (Å²) in [4.78, 5) is 0. The Kier molecular flexibility index (Phi) is 20.0. The molecule has 0 aliphatic heterocycles. The van der Waals surface area contributed by atoms with Crippen molar-refractivity contribution in [3.63, 3.8) is 0 Å². The molecule has 0 saturated heterocycles. The Morgan fingerprint density at radius 3 is 0.667 bits per heavy atom. The van der Waals surface area contributed by atoms with Crippen LogP contribution in [-0.2, 0) is 27.8 Å². The third-order valence-electron chi connectivity index (χ3n) is 0. The van der Waals surface area contributed by atoms with Gasteiger partial charge in [-0.1, -0.05) is 0 Å². The summed E-state index contributed by atoms with van der Waals surface area (Å²) in [5, 5.41) is -2.72. The fourth-order valence-electron chi connectivity index (χ4n) is 0. The van der Waals surface area contributed by atoms with Gasteiger partial charge in [0.1, 0.15) is 0 Å². The van der Waals surface area contributed by atoms with Crippen LogP contribution in [0.3, 0.4) is 0 Å². The van der Waals surface area contributed by atoms with Crippen LogP contribution in [0.4, 0.5) is 0 Å². The first-order valence-electron chi connectivity index (χ1n) is 2.27. The van der Waals surface area contributed by atoms with Gasteiger partial charge >= 0.3 is 104 Å². The Hall–Kier alpha value is 5.29. The van der Waals surface area contributed by atoms with Gasteiger partial charge in [0.25, 0.3) is 0 Å². The summed E-state index contributed by atoms with van der Waals surface area (Å²) in [5.74, 6) is 0. The van der Waals surface area contributed by atoms with Gasteiger partial charge in [0, 0.05) is 0 Å². The van der Waals surface area contributed by atoms with E-state index in [0.717, 1.165) is 0 Å². The van der Waals surface area contributed by atoms with E-state index >= 15 is 0 Å². The third-order valence-corrected chi connectivity index (χ3v) is 0. The van der Waals surface area contributed by atoms with Crippen LogP contribution in [0.2, 0.25) is 0 Å². The van der Waals surface area contributed by atoms with Crippen LogP contribution in [0.1, 0.15) is 0 Å². The van der Waals surface area contributed by atoms with Crippen LogP contribution < -0.4 is 0 Å². The summed E-state index contributed by atoms with van der Waals surface area (Å²) < 4.78 is 0. The predicted octanol–water partition coefficient (Wildman–Crippen LogP) is 7.89. The molecule has 96 valence electrons. The Morgan fingerprint density at radius 1 is 0.667 bits per heavy atom. The van der Waals surface area contributed by atoms with E-state index in [1.54, 1.807) is 0 Å². The number of halogens is 12. The number of hydrogen-bond acceptors (Lipinski definition) is 0. The molecule has 0 nitrogen and oxygen atoms in total. The molecular formula is Cl12SiTiZr. The average molecular weight is 593 g/mol. The minimum absolute atomic E-state index is 2.72. The maximum absolute atomic E-state index is 5.04. The number of rotatable bonds is 0. The molecule has 0 aromatic rings. The summed E-state index contributed by atoms with van der Waals surface area (Å²) in [6.45, 7) is 0. The molecule has 0 N–H and O–H groups in total. The van der Waals surface area contributed by atoms with Crippen molar-refractivity contribution in [2.75, 3.05) is 0 Å². The summed E-state index contributed by atoms with van der Waals surface area (Å²) in [6, 6.07) is 0. The molecule has 0 rings (SSSR count). The quantitative estimate of drug-likeness (QED) is 0.198. The zero-order valence-electron chi connectivity index (χ0n) is 6.04. The fraction of sp³-hybridized carbons (Fsp3) is 0. The normalized spacial score (nSPS) is 12.0. The molecule has 15 heteroatoms. The summed E-state index contributed by atoms with van der Waals surface area (Å²) in [6.07, 6.45) is 0. The monoisotopic (exact) mass is 585 g/mol. The van der Waals surface area contributed by atoms with Crippen LogP contribution >= 0.6 is 116 Å². The van der Waals surface area contributed by atoms with Crippen LogP contribution in [0.25, 0.3) is 0 Å². The summed E-state index contributed by atoms with van der Waals surface area (Å²) >= 11 is 13.5. The van der Waals surface area contributed by atoms with Gasteiger partial charge in [-0.3, -0.25) is 0 Å². The van der Waals surface area contributed by atoms with E-state index in [9.17, 15) is 0 Å². The van der Waals surface area contributed by atoms with Crippen LogP contribution in [0.5, 0.6) is 0 Å². The minimum atomic E-state index is -3.29. The molecule has 0 amide bonds. The van der Waals surface area contributed by atoms with Crippen molar-refractivity contribution in [1.82, 2.24) is 0 Å². The van der Waals surface area contributed by atoms with Crippen molar-refractivity contribution in [3.8, 4) is 0 Å². The van der Waals surface area contributed by atoms with Crippen molar-refractivity contribution in [3.05, 3.63) is 0 Å². The third kappa shape index (κ3) is 206. The molecule has 0 heterocycles. The molecule has 0 saturated carbocycles. The van der Waals surface area contributed by atoms with E-state index in [0.29, 0.717) is 0 Å². The second-order valence-electron chi connectivity index (χ2n) is 1.29. The first-order chi connectivity index (χ1) is 6.00. The van der Waals surface area contributed by atoms with Gasteiger partial charge in [-0.25, -0.2) is 0 Å². The van der Waals surface area contributed by atoms with Gasteiger partial charge < -0.3 is 0 Å². The SMILES string of the molecule is Cl[Si](Cl)(Cl)Cl.[Cl][Ti]([Cl])([Cl])[Cl].[Cl][Zr]([Cl])([Cl])[Cl]. The zero-order chi connectivity index (χ0) is 13.5. The standard InChI is InChI=1S/Cl4Si.8ClH.Ti.Zr/c1-5(2,3)4;;;;;;;;;;/h;8*1H;;/q;;;;;;;;;2*+4/p-8. The molecule has 0 fully saturated rings. The van der Waals surface area contributed by atoms with Gasteiger partial charge in [0.2, 0.25) is 0 Å². The van der Waals surface area contributed by atoms with E-state index in [1.807, 2.05) is 0 Å². The van der Waals surface area contributed by atoms with Gasteiger partial charge in [-0.15, -0.1) is 44.3 Å². The van der Waals surface area contributed by atoms with Crippen molar-refractivity contribution < 1.29 is 27.8 Å². The summed E-state index contributed by atoms with van der Waals surface area (Å²) in [5.41, 5.74) is 0. The number of hydrogen-bond donors (Lipinski definition) is 0. The summed E-state index contributed by atoms with van der Waals surface area (Å²) in [7, 11) is 40.2. The first kappa shape index (κ1) is 25.3. The Labute approximate surface area is 145 Å². The Bertz CT molecular complexity index is 90.6. The molecule has 0 aliphatic rings. The molecule has 0 atom stereocenters. The Morgan fingerprint density at radius 2 is 0.667 bits per heavy atom. The van der Waals surface area contributed by atoms with E-state index in [2.05, 4.69) is 0 Å². The molecule has 0 unspecified atom stereocenters. The van der Waals surface area contributed by atoms with Gasteiger partial charge in [-0.05, 0) is 0 Å². The van der Waals surface area contributed by atoms with E-state index < -0.39 is 33.2 Å². The van der Waals surface area contributed by atoms with Gasteiger partial charge in [-0.2, -0.15) is 0 Å². The second kappa shape index (κ2) is 11.9. The maximum atomic E-state index is 5.04. The van der Waals surface area contributed by atoms with Crippen LogP contribution in [0.15, 0.2) is 0 Å². The first-order valence-corrected chi connectivity index (χ1v) is 29.6. The van der Waals surface area contributed by atoms with Gasteiger partial charge in [0.05, 0.1) is 0 Å². The van der Waals surface area contributed by atoms with Gasteiger partial charge in [0.15, 0.2) is 0 Å². The molecular weight excluding hydrogens is 593 g/mol. The molecule has 0 bridgehead atoms. The fourth-order valence-corrected chi connectivity index (χ4v) is 0. The molecule has 0 aromatic carbocycles. The zero-order valence-corrected chi connectivity index (χ0v) is 20.1. The van der Waals surface area contributed by atoms with Crippen LogP contribution in [0, 0.1) is 0 Å². The predicted molar refractivity (Wildman–Crippen MR) is 76.0 cm³/mol. The van der Waals surface area contributed by atoms with Crippen molar-refractivity contribution in [1.29, 1.82) is 0 Å². The van der Waals surface area contributed by atoms with E-state index in [4.69, 9.17) is 116 Å². The molecule has 0 aliphatic carbocycles. The van der Waals surface area contributed by atoms with Crippen molar-refractivity contribution >= 4 is 121 Å². The van der Waals surface area contributed by atoms with Crippen molar-refractivity contribution in [2.24, 2.45) is 0 Å².